The van der Waals surface area contributed by atoms with Crippen molar-refractivity contribution in [3.63, 3.8) is 0 Å². The summed E-state index contributed by atoms with van der Waals surface area (Å²) >= 11 is 0. The van der Waals surface area contributed by atoms with E-state index in [1.165, 1.54) is 4.90 Å². The second-order valence-corrected chi connectivity index (χ2v) is 4.68. The minimum Gasteiger partial charge on any atom is -0.480 e. The van der Waals surface area contributed by atoms with Crippen molar-refractivity contribution < 1.29 is 14.7 Å². The minimum atomic E-state index is -0.943. The summed E-state index contributed by atoms with van der Waals surface area (Å²) in [5.74, 6) is -1.07. The van der Waals surface area contributed by atoms with Gasteiger partial charge >= 0.3 is 5.97 Å². The number of hydrogen-bond acceptors (Lipinski definition) is 2. The van der Waals surface area contributed by atoms with Gasteiger partial charge in [-0.05, 0) is 17.5 Å². The Morgan fingerprint density at radius 1 is 1.37 bits per heavy atom. The summed E-state index contributed by atoms with van der Waals surface area (Å²) in [6.07, 6.45) is 2.94. The van der Waals surface area contributed by atoms with E-state index in [0.29, 0.717) is 25.8 Å². The van der Waals surface area contributed by atoms with Crippen LogP contribution in [0.4, 0.5) is 0 Å². The highest BCUT2D eigenvalue weighted by Crippen LogP contribution is 2.24. The SMILES string of the molecule is C=CCCC(=O)N1Cc2ccccc2C[C@H]1C(=O)O. The lowest BCUT2D eigenvalue weighted by atomic mass is 9.93. The number of allylic oxidation sites excluding steroid dienone is 1. The van der Waals surface area contributed by atoms with Crippen molar-refractivity contribution in [3.8, 4) is 0 Å². The first-order chi connectivity index (χ1) is 9.13. The predicted octanol–water partition coefficient (Wildman–Crippen LogP) is 1.99. The molecule has 0 aliphatic carbocycles. The maximum Gasteiger partial charge on any atom is 0.326 e. The van der Waals surface area contributed by atoms with Crippen LogP contribution in [-0.4, -0.2) is 27.9 Å². The van der Waals surface area contributed by atoms with Crippen molar-refractivity contribution >= 4 is 11.9 Å². The van der Waals surface area contributed by atoms with Gasteiger partial charge in [0.1, 0.15) is 6.04 Å². The van der Waals surface area contributed by atoms with Gasteiger partial charge in [-0.3, -0.25) is 4.79 Å². The number of hydrogen-bond donors (Lipinski definition) is 1. The van der Waals surface area contributed by atoms with Gasteiger partial charge in [-0.2, -0.15) is 0 Å². The van der Waals surface area contributed by atoms with E-state index in [1.807, 2.05) is 24.3 Å². The first kappa shape index (κ1) is 13.3. The highest BCUT2D eigenvalue weighted by atomic mass is 16.4. The average Bonchev–Trinajstić information content (AvgIpc) is 2.43. The summed E-state index contributed by atoms with van der Waals surface area (Å²) in [7, 11) is 0. The Hall–Kier alpha value is -2.10. The highest BCUT2D eigenvalue weighted by molar-refractivity contribution is 5.84. The topological polar surface area (TPSA) is 57.6 Å². The molecule has 1 aromatic rings. The molecule has 1 N–H and O–H groups in total. The van der Waals surface area contributed by atoms with E-state index in [-0.39, 0.29) is 5.91 Å². The van der Waals surface area contributed by atoms with E-state index < -0.39 is 12.0 Å². The first-order valence-corrected chi connectivity index (χ1v) is 6.33. The van der Waals surface area contributed by atoms with Crippen molar-refractivity contribution in [3.05, 3.63) is 48.0 Å². The second-order valence-electron chi connectivity index (χ2n) is 4.68. The Bertz CT molecular complexity index is 510. The summed E-state index contributed by atoms with van der Waals surface area (Å²) in [6, 6.07) is 6.92. The standard InChI is InChI=1S/C15H17NO3/c1-2-3-8-14(17)16-10-12-7-5-4-6-11(12)9-13(16)15(18)19/h2,4-7,13H,1,3,8-10H2,(H,18,19)/t13-/m0/s1. The summed E-state index contributed by atoms with van der Waals surface area (Å²) in [5.41, 5.74) is 2.05. The third-order valence-corrected chi connectivity index (χ3v) is 3.42. The average molecular weight is 259 g/mol. The zero-order chi connectivity index (χ0) is 13.8. The molecule has 1 aromatic carbocycles. The van der Waals surface area contributed by atoms with E-state index in [9.17, 15) is 14.7 Å². The molecule has 1 amide bonds. The molecule has 0 radical (unpaired) electrons. The van der Waals surface area contributed by atoms with Gasteiger partial charge in [0, 0.05) is 19.4 Å². The molecule has 0 saturated carbocycles. The zero-order valence-corrected chi connectivity index (χ0v) is 10.7. The van der Waals surface area contributed by atoms with Crippen LogP contribution in [0.5, 0.6) is 0 Å². The van der Waals surface area contributed by atoms with E-state index in [2.05, 4.69) is 6.58 Å². The number of carboxylic acid groups (broad SMARTS) is 1. The number of carboxylic acids is 1. The van der Waals surface area contributed by atoms with Crippen LogP contribution in [0.25, 0.3) is 0 Å². The summed E-state index contributed by atoms with van der Waals surface area (Å²) in [4.78, 5) is 24.9. The quantitative estimate of drug-likeness (QED) is 0.841. The lowest BCUT2D eigenvalue weighted by molar-refractivity contribution is -0.151. The second kappa shape index (κ2) is 5.69. The Kier molecular flexibility index (Phi) is 4.00. The lowest BCUT2D eigenvalue weighted by Crippen LogP contribution is -2.48. The fourth-order valence-corrected chi connectivity index (χ4v) is 2.37. The minimum absolute atomic E-state index is 0.123. The molecule has 100 valence electrons. The van der Waals surface area contributed by atoms with Crippen LogP contribution in [0.2, 0.25) is 0 Å². The number of nitrogens with zero attached hydrogens (tertiary/aromatic N) is 1. The monoisotopic (exact) mass is 259 g/mol. The molecular weight excluding hydrogens is 242 g/mol. The van der Waals surface area contributed by atoms with Crippen LogP contribution in [0, 0.1) is 0 Å². The Balaban J connectivity index is 2.23. The van der Waals surface area contributed by atoms with Gasteiger partial charge in [0.25, 0.3) is 0 Å². The lowest BCUT2D eigenvalue weighted by Gasteiger charge is -2.34. The molecular formula is C15H17NO3. The molecule has 1 atom stereocenters. The van der Waals surface area contributed by atoms with E-state index in [4.69, 9.17) is 0 Å². The van der Waals surface area contributed by atoms with Gasteiger partial charge < -0.3 is 10.0 Å². The van der Waals surface area contributed by atoms with E-state index >= 15 is 0 Å². The molecule has 0 fully saturated rings. The van der Waals surface area contributed by atoms with Crippen molar-refractivity contribution in [2.24, 2.45) is 0 Å². The van der Waals surface area contributed by atoms with Gasteiger partial charge in [0.15, 0.2) is 0 Å². The highest BCUT2D eigenvalue weighted by Gasteiger charge is 2.33. The number of carbonyl (C=O) groups is 2. The normalized spacial score (nSPS) is 17.7. The molecule has 4 heteroatoms. The predicted molar refractivity (Wildman–Crippen MR) is 71.6 cm³/mol. The van der Waals surface area contributed by atoms with Crippen molar-refractivity contribution in [1.82, 2.24) is 4.90 Å². The molecule has 0 bridgehead atoms. The van der Waals surface area contributed by atoms with E-state index in [1.54, 1.807) is 6.08 Å². The number of carbonyl (C=O) groups excluding carboxylic acids is 1. The molecule has 0 spiro atoms. The fraction of sp³-hybridized carbons (Fsp3) is 0.333. The summed E-state index contributed by atoms with van der Waals surface area (Å²) in [5, 5.41) is 9.29. The number of aliphatic carboxylic acids is 1. The maximum atomic E-state index is 12.1. The Morgan fingerprint density at radius 2 is 2.05 bits per heavy atom. The van der Waals surface area contributed by atoms with Gasteiger partial charge in [-0.1, -0.05) is 30.3 Å². The number of rotatable bonds is 4. The van der Waals surface area contributed by atoms with Gasteiger partial charge in [-0.15, -0.1) is 6.58 Å². The van der Waals surface area contributed by atoms with Crippen LogP contribution in [-0.2, 0) is 22.6 Å². The van der Waals surface area contributed by atoms with Crippen LogP contribution in [0.15, 0.2) is 36.9 Å². The van der Waals surface area contributed by atoms with E-state index in [0.717, 1.165) is 11.1 Å². The smallest absolute Gasteiger partial charge is 0.326 e. The molecule has 2 rings (SSSR count). The maximum absolute atomic E-state index is 12.1. The van der Waals surface area contributed by atoms with Crippen LogP contribution >= 0.6 is 0 Å². The Labute approximate surface area is 112 Å². The third kappa shape index (κ3) is 2.84. The third-order valence-electron chi connectivity index (χ3n) is 3.42. The molecule has 0 saturated heterocycles. The van der Waals surface area contributed by atoms with Gasteiger partial charge in [0.2, 0.25) is 5.91 Å². The van der Waals surface area contributed by atoms with Gasteiger partial charge in [-0.25, -0.2) is 4.79 Å². The summed E-state index contributed by atoms with van der Waals surface area (Å²) < 4.78 is 0. The number of amides is 1. The van der Waals surface area contributed by atoms with Crippen molar-refractivity contribution in [1.29, 1.82) is 0 Å². The first-order valence-electron chi connectivity index (χ1n) is 6.33. The zero-order valence-electron chi connectivity index (χ0n) is 10.7. The molecule has 0 unspecified atom stereocenters. The van der Waals surface area contributed by atoms with Crippen molar-refractivity contribution in [2.75, 3.05) is 0 Å². The van der Waals surface area contributed by atoms with Crippen LogP contribution in [0.3, 0.4) is 0 Å². The number of benzene rings is 1. The largest absolute Gasteiger partial charge is 0.480 e. The molecule has 1 heterocycles. The molecule has 1 aliphatic rings. The fourth-order valence-electron chi connectivity index (χ4n) is 2.37. The Morgan fingerprint density at radius 3 is 2.68 bits per heavy atom. The summed E-state index contributed by atoms with van der Waals surface area (Å²) in [6.45, 7) is 3.96. The van der Waals surface area contributed by atoms with Gasteiger partial charge in [0.05, 0.1) is 0 Å². The molecule has 4 nitrogen and oxygen atoms in total. The van der Waals surface area contributed by atoms with Crippen LogP contribution in [0.1, 0.15) is 24.0 Å². The molecule has 1 aliphatic heterocycles. The number of fused-ring (bicyclic) bond motifs is 1. The van der Waals surface area contributed by atoms with Crippen molar-refractivity contribution in [2.45, 2.75) is 31.8 Å². The molecule has 0 aromatic heterocycles. The molecule has 19 heavy (non-hydrogen) atoms. The van der Waals surface area contributed by atoms with Crippen LogP contribution < -0.4 is 0 Å².